The molecule has 0 saturated heterocycles. The van der Waals surface area contributed by atoms with Crippen LogP contribution in [0.3, 0.4) is 0 Å². The summed E-state index contributed by atoms with van der Waals surface area (Å²) in [6, 6.07) is 0.0458. The molecule has 0 radical (unpaired) electrons. The molecule has 78 valence electrons. The molecular weight excluding hydrogens is 184 g/mol. The average molecular weight is 198 g/mol. The molecule has 1 atom stereocenters. The second-order valence-electron chi connectivity index (χ2n) is 3.37. The van der Waals surface area contributed by atoms with Crippen LogP contribution in [-0.4, -0.2) is 20.7 Å². The molecule has 0 aromatic carbocycles. The highest BCUT2D eigenvalue weighted by molar-refractivity contribution is 5.32. The van der Waals surface area contributed by atoms with Gasteiger partial charge in [-0.05, 0) is 19.8 Å². The predicted molar refractivity (Wildman–Crippen MR) is 51.8 cm³/mol. The summed E-state index contributed by atoms with van der Waals surface area (Å²) in [5, 5.41) is 14.5. The Kier molecular flexibility index (Phi) is 3.19. The molecule has 0 saturated carbocycles. The van der Waals surface area contributed by atoms with Gasteiger partial charge in [0.25, 0.3) is 0 Å². The van der Waals surface area contributed by atoms with Gasteiger partial charge in [-0.1, -0.05) is 0 Å². The van der Waals surface area contributed by atoms with Crippen molar-refractivity contribution in [1.82, 2.24) is 9.78 Å². The fourth-order valence-corrected chi connectivity index (χ4v) is 1.26. The molecular formula is C8H14N4O2. The molecule has 0 bridgehead atoms. The first kappa shape index (κ1) is 10.6. The Labute approximate surface area is 81.9 Å². The van der Waals surface area contributed by atoms with Crippen LogP contribution in [0.4, 0.5) is 5.69 Å². The number of nitrogens with two attached hydrogens (primary N) is 1. The summed E-state index contributed by atoms with van der Waals surface area (Å²) in [6.07, 6.45) is 2.58. The van der Waals surface area contributed by atoms with E-state index in [9.17, 15) is 10.1 Å². The van der Waals surface area contributed by atoms with E-state index >= 15 is 0 Å². The minimum Gasteiger partial charge on any atom is -0.328 e. The zero-order valence-electron chi connectivity index (χ0n) is 8.30. The van der Waals surface area contributed by atoms with E-state index in [1.54, 1.807) is 7.05 Å². The normalized spacial score (nSPS) is 12.8. The van der Waals surface area contributed by atoms with E-state index in [1.165, 1.54) is 10.9 Å². The number of aryl methyl sites for hydroxylation is 1. The first-order valence-corrected chi connectivity index (χ1v) is 4.43. The summed E-state index contributed by atoms with van der Waals surface area (Å²) < 4.78 is 1.53. The summed E-state index contributed by atoms with van der Waals surface area (Å²) in [5.74, 6) is 0. The molecule has 0 amide bonds. The maximum atomic E-state index is 10.6. The van der Waals surface area contributed by atoms with E-state index in [-0.39, 0.29) is 11.7 Å². The highest BCUT2D eigenvalue weighted by Gasteiger charge is 2.18. The number of rotatable bonds is 4. The van der Waals surface area contributed by atoms with Gasteiger partial charge in [-0.25, -0.2) is 0 Å². The monoisotopic (exact) mass is 198 g/mol. The van der Waals surface area contributed by atoms with Crippen LogP contribution in [-0.2, 0) is 13.5 Å². The zero-order valence-corrected chi connectivity index (χ0v) is 8.30. The molecule has 1 aromatic rings. The van der Waals surface area contributed by atoms with Gasteiger partial charge < -0.3 is 5.73 Å². The second-order valence-corrected chi connectivity index (χ2v) is 3.37. The first-order valence-electron chi connectivity index (χ1n) is 4.43. The van der Waals surface area contributed by atoms with Crippen molar-refractivity contribution >= 4 is 5.69 Å². The first-order chi connectivity index (χ1) is 6.52. The van der Waals surface area contributed by atoms with Crippen LogP contribution >= 0.6 is 0 Å². The Bertz CT molecular complexity index is 332. The summed E-state index contributed by atoms with van der Waals surface area (Å²) in [5.41, 5.74) is 6.29. The van der Waals surface area contributed by atoms with Gasteiger partial charge in [-0.15, -0.1) is 0 Å². The van der Waals surface area contributed by atoms with E-state index in [4.69, 9.17) is 5.73 Å². The molecule has 14 heavy (non-hydrogen) atoms. The molecule has 0 aliphatic carbocycles. The van der Waals surface area contributed by atoms with Gasteiger partial charge in [0.05, 0.1) is 4.92 Å². The third-order valence-electron chi connectivity index (χ3n) is 2.07. The van der Waals surface area contributed by atoms with Gasteiger partial charge in [0.15, 0.2) is 0 Å². The zero-order chi connectivity index (χ0) is 10.7. The molecule has 2 N–H and O–H groups in total. The highest BCUT2D eigenvalue weighted by Crippen LogP contribution is 2.18. The third-order valence-corrected chi connectivity index (χ3v) is 2.07. The average Bonchev–Trinajstić information content (AvgIpc) is 2.43. The van der Waals surface area contributed by atoms with E-state index in [1.807, 2.05) is 6.92 Å². The number of nitro groups is 1. The number of hydrogen-bond donors (Lipinski definition) is 1. The molecule has 0 aliphatic rings. The number of hydrogen-bond acceptors (Lipinski definition) is 4. The topological polar surface area (TPSA) is 87.0 Å². The molecule has 0 aliphatic heterocycles. The van der Waals surface area contributed by atoms with Crippen LogP contribution in [0.5, 0.6) is 0 Å². The Morgan fingerprint density at radius 3 is 2.93 bits per heavy atom. The summed E-state index contributed by atoms with van der Waals surface area (Å²) in [4.78, 5) is 10.2. The fraction of sp³-hybridized carbons (Fsp3) is 0.625. The summed E-state index contributed by atoms with van der Waals surface area (Å²) in [7, 11) is 1.70. The Morgan fingerprint density at radius 2 is 2.43 bits per heavy atom. The van der Waals surface area contributed by atoms with Gasteiger partial charge in [-0.3, -0.25) is 14.8 Å². The predicted octanol–water partition coefficient (Wildman–Crippen LogP) is 0.608. The van der Waals surface area contributed by atoms with Crippen LogP contribution in [0.2, 0.25) is 0 Å². The molecule has 0 fully saturated rings. The smallest absolute Gasteiger partial charge is 0.310 e. The van der Waals surface area contributed by atoms with Gasteiger partial charge in [0, 0.05) is 13.1 Å². The van der Waals surface area contributed by atoms with Crippen LogP contribution in [0.15, 0.2) is 6.20 Å². The van der Waals surface area contributed by atoms with Gasteiger partial charge in [-0.2, -0.15) is 5.10 Å². The molecule has 1 heterocycles. The second kappa shape index (κ2) is 4.19. The molecule has 6 nitrogen and oxygen atoms in total. The standard InChI is InChI=1S/C8H14N4O2/c1-6(9)3-4-7-8(12(13)14)5-10-11(7)2/h5-6H,3-4,9H2,1-2H3/t6-/m1/s1. The number of aromatic nitrogens is 2. The van der Waals surface area contributed by atoms with Crippen molar-refractivity contribution in [2.75, 3.05) is 0 Å². The quantitative estimate of drug-likeness (QED) is 0.567. The molecule has 0 unspecified atom stereocenters. The largest absolute Gasteiger partial charge is 0.328 e. The Hall–Kier alpha value is -1.43. The lowest BCUT2D eigenvalue weighted by molar-refractivity contribution is -0.385. The van der Waals surface area contributed by atoms with Crippen LogP contribution in [0, 0.1) is 10.1 Å². The van der Waals surface area contributed by atoms with Crippen LogP contribution in [0.1, 0.15) is 19.0 Å². The van der Waals surface area contributed by atoms with E-state index in [2.05, 4.69) is 5.10 Å². The lowest BCUT2D eigenvalue weighted by Gasteiger charge is -2.04. The van der Waals surface area contributed by atoms with Gasteiger partial charge >= 0.3 is 5.69 Å². The van der Waals surface area contributed by atoms with Crippen molar-refractivity contribution in [2.45, 2.75) is 25.8 Å². The maximum absolute atomic E-state index is 10.6. The van der Waals surface area contributed by atoms with Crippen molar-refractivity contribution in [3.63, 3.8) is 0 Å². The van der Waals surface area contributed by atoms with Crippen molar-refractivity contribution < 1.29 is 4.92 Å². The van der Waals surface area contributed by atoms with Crippen molar-refractivity contribution in [3.8, 4) is 0 Å². The fourth-order valence-electron chi connectivity index (χ4n) is 1.26. The van der Waals surface area contributed by atoms with Crippen molar-refractivity contribution in [3.05, 3.63) is 22.0 Å². The minimum absolute atomic E-state index is 0.0458. The highest BCUT2D eigenvalue weighted by atomic mass is 16.6. The Morgan fingerprint density at radius 1 is 1.79 bits per heavy atom. The van der Waals surface area contributed by atoms with Gasteiger partial charge in [0.2, 0.25) is 0 Å². The van der Waals surface area contributed by atoms with Crippen LogP contribution in [0.25, 0.3) is 0 Å². The van der Waals surface area contributed by atoms with Gasteiger partial charge in [0.1, 0.15) is 11.9 Å². The molecule has 6 heteroatoms. The summed E-state index contributed by atoms with van der Waals surface area (Å²) >= 11 is 0. The lowest BCUT2D eigenvalue weighted by atomic mass is 10.1. The summed E-state index contributed by atoms with van der Waals surface area (Å²) in [6.45, 7) is 1.88. The van der Waals surface area contributed by atoms with Crippen molar-refractivity contribution in [2.24, 2.45) is 12.8 Å². The van der Waals surface area contributed by atoms with E-state index < -0.39 is 4.92 Å². The lowest BCUT2D eigenvalue weighted by Crippen LogP contribution is -2.16. The van der Waals surface area contributed by atoms with Crippen molar-refractivity contribution in [1.29, 1.82) is 0 Å². The molecule has 1 aromatic heterocycles. The number of nitrogens with zero attached hydrogens (tertiary/aromatic N) is 3. The molecule has 1 rings (SSSR count). The van der Waals surface area contributed by atoms with Crippen LogP contribution < -0.4 is 5.73 Å². The minimum atomic E-state index is -0.413. The maximum Gasteiger partial charge on any atom is 0.310 e. The molecule has 0 spiro atoms. The van der Waals surface area contributed by atoms with E-state index in [0.717, 1.165) is 6.42 Å². The Balaban J connectivity index is 2.83. The third kappa shape index (κ3) is 2.29. The SMILES string of the molecule is C[C@@H](N)CCc1c([N+](=O)[O-])cnn1C. The van der Waals surface area contributed by atoms with E-state index in [0.29, 0.717) is 12.1 Å².